The van der Waals surface area contributed by atoms with Crippen LogP contribution in [0.1, 0.15) is 175 Å². The van der Waals surface area contributed by atoms with Crippen molar-refractivity contribution in [1.82, 2.24) is 0 Å². The largest absolute Gasteiger partial charge is 0.215 e. The van der Waals surface area contributed by atoms with E-state index in [2.05, 4.69) is 30.5 Å². The maximum absolute atomic E-state index is 8.37. The van der Waals surface area contributed by atoms with Crippen LogP contribution in [0.4, 0.5) is 0 Å². The Morgan fingerprint density at radius 1 is 0.283 bits per heavy atom. The smallest absolute Gasteiger partial charge is 0.201 e. The highest BCUT2D eigenvalue weighted by Gasteiger charge is 2.21. The summed E-state index contributed by atoms with van der Waals surface area (Å²) in [6.45, 7) is 3.77. The van der Waals surface area contributed by atoms with Crippen molar-refractivity contribution < 1.29 is 85.0 Å². The summed E-state index contributed by atoms with van der Waals surface area (Å²) >= 11 is 0. The van der Waals surface area contributed by atoms with E-state index >= 15 is 0 Å². The molecule has 0 fully saturated rings. The van der Waals surface area contributed by atoms with Gasteiger partial charge in [0, 0.05) is 143 Å². The number of aryl methyl sites for hydroxylation is 13. The Balaban J connectivity index is 0.000000230. The minimum atomic E-state index is -2.68. The Bertz CT molecular complexity index is 6380. The van der Waals surface area contributed by atoms with Crippen LogP contribution in [0.25, 0.3) is 67.5 Å². The normalized spacial score (nSPS) is 17.7. The van der Waals surface area contributed by atoms with E-state index < -0.39 is 78.5 Å². The van der Waals surface area contributed by atoms with Gasteiger partial charge in [0.15, 0.2) is 36.6 Å². The molecule has 0 atom stereocenters. The first kappa shape index (κ1) is 36.9. The summed E-state index contributed by atoms with van der Waals surface area (Å²) in [7, 11) is 10.0. The van der Waals surface area contributed by atoms with E-state index in [1.165, 1.54) is 80.7 Å². The van der Waals surface area contributed by atoms with Crippen LogP contribution < -0.4 is 27.4 Å². The molecule has 12 rings (SSSR count). The summed E-state index contributed by atoms with van der Waals surface area (Å²) in [5.41, 5.74) is 14.5. The highest BCUT2D eigenvalue weighted by Crippen LogP contribution is 2.29. The maximum Gasteiger partial charge on any atom is 0.215 e. The zero-order chi connectivity index (χ0) is 109. The van der Waals surface area contributed by atoms with Gasteiger partial charge in [-0.1, -0.05) is 107 Å². The van der Waals surface area contributed by atoms with E-state index in [9.17, 15) is 0 Å². The lowest BCUT2D eigenvalue weighted by Gasteiger charge is -2.09. The van der Waals surface area contributed by atoms with E-state index in [4.69, 9.17) is 57.6 Å². The van der Waals surface area contributed by atoms with E-state index in [1.807, 2.05) is 39.2 Å². The van der Waals surface area contributed by atoms with E-state index in [0.29, 0.717) is 44.6 Å². The molecule has 6 aromatic heterocycles. The summed E-state index contributed by atoms with van der Waals surface area (Å²) in [5.74, 6) is 0. The predicted octanol–water partition coefficient (Wildman–Crippen LogP) is 19.5. The van der Waals surface area contributed by atoms with Gasteiger partial charge in [0.2, 0.25) is 34.2 Å². The number of aromatic nitrogens is 6. The number of pyridine rings is 6. The van der Waals surface area contributed by atoms with Gasteiger partial charge in [-0.2, -0.15) is 4.57 Å². The van der Waals surface area contributed by atoms with Crippen LogP contribution in [-0.4, -0.2) is 0 Å². The molecule has 0 radical (unpaired) electrons. The first-order valence-electron chi connectivity index (χ1n) is 52.5. The first-order valence-corrected chi connectivity index (χ1v) is 31.5. The Labute approximate surface area is 656 Å². The SMILES string of the molecule is [2H]C([2H])([2H])c1ccc(-c2c(C([2H])([2H])[2H])c(C)cc[n+]2C)c(C)c1.[2H]C([2H])([2H])c1ccc(-c2cc(C)c(C([2H])([2H])[2H])c[n+]2C)c(C)c1.[2H]C([2H])([2H])c1ccc(-c2cc(C)cc(C)[n+]2C)c(C)c1.[2H]c1c([2H])c([2H])[n+](C)c(-c2c([2H])c([2H])c(C([2H])([2H])[2H])c([2H])c2C)c1C.[2H]c1c([2H])c([2H])c(-c2c(C)c([2H])c(C([2H])([2H])[2H])c([2H])[n+]2C)c(C)c1[2H].[2H]c1c([2H])c([2H])c(-c2c([2H])c(C)c(C([2H])([2H])[2H])c([2H])[n+]2C)c(C)c1[2H]. The van der Waals surface area contributed by atoms with Crippen molar-refractivity contribution in [2.75, 3.05) is 0 Å². The molecule has 0 saturated carbocycles. The molecule has 510 valence electrons. The molecule has 0 amide bonds. The summed E-state index contributed by atoms with van der Waals surface area (Å²) in [6.07, 6.45) is 2.52. The van der Waals surface area contributed by atoms with Gasteiger partial charge in [-0.25, -0.2) is 22.8 Å². The van der Waals surface area contributed by atoms with Crippen molar-refractivity contribution in [1.29, 1.82) is 0 Å². The molecule has 0 aliphatic rings. The Morgan fingerprint density at radius 2 is 0.828 bits per heavy atom. The van der Waals surface area contributed by atoms with Gasteiger partial charge in [-0.05, 0) is 242 Å². The molecule has 12 aromatic rings. The molecule has 0 aliphatic heterocycles. The molecule has 0 spiro atoms. The molecule has 0 saturated heterocycles. The topological polar surface area (TPSA) is 23.3 Å². The third kappa shape index (κ3) is 19.5. The number of hydrogen-bond donors (Lipinski definition) is 0. The highest BCUT2D eigenvalue weighted by atomic mass is 15.0. The van der Waals surface area contributed by atoms with Crippen LogP contribution in [0.2, 0.25) is 0 Å². The quantitative estimate of drug-likeness (QED) is 0.148. The van der Waals surface area contributed by atoms with E-state index in [-0.39, 0.29) is 169 Å². The summed E-state index contributed by atoms with van der Waals surface area (Å²) in [6, 6.07) is 18.3. The number of benzene rings is 6. The fourth-order valence-corrected chi connectivity index (χ4v) is 11.0. The zero-order valence-electron chi connectivity index (χ0n) is 102. The average Bonchev–Trinajstić information content (AvgIpc) is 0.743. The zero-order valence-corrected chi connectivity index (χ0v) is 59.8. The fraction of sp³-hybridized carbons (Fsp3) is 0.290. The molecule has 6 heterocycles. The lowest BCUT2D eigenvalue weighted by Crippen LogP contribution is -2.35. The second-order valence-corrected chi connectivity index (χ2v) is 24.3. The fourth-order valence-electron chi connectivity index (χ4n) is 11.0. The van der Waals surface area contributed by atoms with Crippen LogP contribution >= 0.6 is 0 Å². The van der Waals surface area contributed by atoms with Crippen molar-refractivity contribution in [3.8, 4) is 67.5 Å². The number of nitrogens with zero attached hydrogens (tertiary/aromatic N) is 6. The summed E-state index contributed by atoms with van der Waals surface area (Å²) in [4.78, 5) is 0. The van der Waals surface area contributed by atoms with E-state index in [1.54, 1.807) is 112 Å². The van der Waals surface area contributed by atoms with Crippen LogP contribution in [0.5, 0.6) is 0 Å². The molecular weight excluding hydrogens is 1200 g/mol. The van der Waals surface area contributed by atoms with Gasteiger partial charge >= 0.3 is 0 Å². The van der Waals surface area contributed by atoms with Crippen LogP contribution in [0, 0.1) is 145 Å². The minimum absolute atomic E-state index is 0.0972. The maximum atomic E-state index is 8.37. The van der Waals surface area contributed by atoms with Gasteiger partial charge in [0.25, 0.3) is 0 Å². The van der Waals surface area contributed by atoms with Crippen molar-refractivity contribution in [2.24, 2.45) is 42.3 Å². The van der Waals surface area contributed by atoms with Gasteiger partial charge in [0.1, 0.15) is 46.4 Å². The molecule has 0 N–H and O–H groups in total. The molecule has 0 bridgehead atoms. The van der Waals surface area contributed by atoms with Crippen LogP contribution in [0.15, 0.2) is 200 Å². The van der Waals surface area contributed by atoms with Crippen molar-refractivity contribution in [3.05, 3.63) is 317 Å². The van der Waals surface area contributed by atoms with Gasteiger partial charge in [0.05, 0.1) is 20.6 Å². The number of rotatable bonds is 6. The average molecular weight is 1360 g/mol. The standard InChI is InChI=1S/3C16H20N.3C15H18N/c1-11-6-7-15(13(3)8-11)16-9-12(2)14(4)10-17(16)5;1-11-6-7-15(13(3)8-11)16-10-12(2)9-14(4)17(16)5;1-11-6-7-15(13(3)10-11)16-14(4)12(2)8-9-17(16)5;1-11-7-8-14(13(3)10-11)15-12(2)6-5-9-16(15)4;1-11-9-13(3)15(16(4)10-11)14-8-6-5-7-12(14)2;1-11-7-5-6-8-14(11)15-9-12(2)13(3)10-16(15)4/h3*6-10H,1-5H3;3*5-10H,1-4H3/q6*+1/i1D3,4D3;1D3;1D3,4D3;2*1D3,5D,6D,7D,8D,9D,10D;3D3,5D,6D,7D,8D,9D,10D. The predicted molar refractivity (Wildman–Crippen MR) is 418 cm³/mol. The third-order valence-corrected chi connectivity index (χ3v) is 16.4. The van der Waals surface area contributed by atoms with Crippen molar-refractivity contribution >= 4 is 0 Å². The van der Waals surface area contributed by atoms with Crippen molar-refractivity contribution in [2.45, 2.75) is 145 Å². The second-order valence-electron chi connectivity index (χ2n) is 24.3. The molecular formula is C93H114N6+6. The molecule has 6 aromatic carbocycles. The second kappa shape index (κ2) is 34.1. The summed E-state index contributed by atoms with van der Waals surface area (Å²) in [5, 5.41) is 0. The third-order valence-electron chi connectivity index (χ3n) is 16.4. The van der Waals surface area contributed by atoms with E-state index in [0.717, 1.165) is 44.8 Å². The minimum Gasteiger partial charge on any atom is -0.201 e. The Kier molecular flexibility index (Phi) is 12.7. The van der Waals surface area contributed by atoms with Crippen molar-refractivity contribution in [3.63, 3.8) is 0 Å². The number of hydrogen-bond acceptors (Lipinski definition) is 0. The lowest BCUT2D eigenvalue weighted by atomic mass is 9.97. The summed E-state index contributed by atoms with van der Waals surface area (Å²) < 4.78 is 336. The molecule has 0 aliphatic carbocycles. The molecule has 6 nitrogen and oxygen atoms in total. The van der Waals surface area contributed by atoms with Gasteiger partial charge < -0.3 is 0 Å². The highest BCUT2D eigenvalue weighted by molar-refractivity contribution is 5.68. The first-order chi connectivity index (χ1) is 64.0. The van der Waals surface area contributed by atoms with Crippen LogP contribution in [-0.2, 0) is 42.3 Å². The molecule has 0 unspecified atom stereocenters. The van der Waals surface area contributed by atoms with Crippen LogP contribution in [0.3, 0.4) is 0 Å². The lowest BCUT2D eigenvalue weighted by molar-refractivity contribution is -0.666. The van der Waals surface area contributed by atoms with Gasteiger partial charge in [-0.3, -0.25) is 0 Å². The van der Waals surface area contributed by atoms with Gasteiger partial charge in [-0.15, -0.1) is 0 Å². The monoisotopic (exact) mass is 1360 g/mol. The Hall–Kier alpha value is -9.78. The molecule has 6 heteroatoms. The Morgan fingerprint density at radius 3 is 1.42 bits per heavy atom. The molecule has 99 heavy (non-hydrogen) atoms.